The highest BCUT2D eigenvalue weighted by Crippen LogP contribution is 2.22. The fourth-order valence-corrected chi connectivity index (χ4v) is 2.78. The molecule has 8 heteroatoms. The van der Waals surface area contributed by atoms with Crippen LogP contribution in [0.5, 0.6) is 0 Å². The Bertz CT molecular complexity index is 930. The van der Waals surface area contributed by atoms with Crippen molar-refractivity contribution >= 4 is 58.0 Å². The number of para-hydroxylation sites is 2. The molecule has 0 saturated heterocycles. The van der Waals surface area contributed by atoms with E-state index in [4.69, 9.17) is 23.2 Å². The molecule has 6 nitrogen and oxygen atoms in total. The first kappa shape index (κ1) is 19.5. The van der Waals surface area contributed by atoms with Gasteiger partial charge < -0.3 is 21.3 Å². The first-order valence-corrected chi connectivity index (χ1v) is 9.01. The molecule has 0 saturated carbocycles. The summed E-state index contributed by atoms with van der Waals surface area (Å²) in [6.07, 6.45) is 0. The summed E-state index contributed by atoms with van der Waals surface area (Å²) in [5.41, 5.74) is 1.97. The second-order valence-corrected chi connectivity index (χ2v) is 6.60. The van der Waals surface area contributed by atoms with Crippen molar-refractivity contribution in [3.63, 3.8) is 0 Å². The lowest BCUT2D eigenvalue weighted by molar-refractivity contribution is 0.261. The van der Waals surface area contributed by atoms with E-state index in [-0.39, 0.29) is 0 Å². The van der Waals surface area contributed by atoms with Crippen molar-refractivity contribution in [1.29, 1.82) is 0 Å². The number of urea groups is 2. The largest absolute Gasteiger partial charge is 0.323 e. The second kappa shape index (κ2) is 9.12. The van der Waals surface area contributed by atoms with Gasteiger partial charge in [0, 0.05) is 21.4 Å². The summed E-state index contributed by atoms with van der Waals surface area (Å²) in [6.45, 7) is 0. The van der Waals surface area contributed by atoms with Gasteiger partial charge in [-0.2, -0.15) is 0 Å². The highest BCUT2D eigenvalue weighted by Gasteiger charge is 2.10. The van der Waals surface area contributed by atoms with Crippen molar-refractivity contribution in [2.45, 2.75) is 0 Å². The maximum absolute atomic E-state index is 12.3. The van der Waals surface area contributed by atoms with E-state index in [1.165, 1.54) is 0 Å². The Morgan fingerprint density at radius 2 is 1.00 bits per heavy atom. The molecular formula is C20H16Cl2N4O2. The van der Waals surface area contributed by atoms with Crippen LogP contribution in [-0.2, 0) is 0 Å². The predicted molar refractivity (Wildman–Crippen MR) is 115 cm³/mol. The molecule has 3 aromatic carbocycles. The number of amides is 4. The van der Waals surface area contributed by atoms with Crippen molar-refractivity contribution in [2.24, 2.45) is 0 Å². The molecule has 4 N–H and O–H groups in total. The fraction of sp³-hybridized carbons (Fsp3) is 0. The Morgan fingerprint density at radius 3 is 1.39 bits per heavy atom. The molecule has 0 aliphatic heterocycles. The van der Waals surface area contributed by atoms with E-state index >= 15 is 0 Å². The van der Waals surface area contributed by atoms with Crippen LogP contribution in [0.15, 0.2) is 72.8 Å². The fourth-order valence-electron chi connectivity index (χ4n) is 2.40. The zero-order valence-corrected chi connectivity index (χ0v) is 16.0. The average molecular weight is 415 g/mol. The van der Waals surface area contributed by atoms with Gasteiger partial charge in [0.05, 0.1) is 11.4 Å². The van der Waals surface area contributed by atoms with Gasteiger partial charge in [0.15, 0.2) is 0 Å². The van der Waals surface area contributed by atoms with E-state index in [1.54, 1.807) is 72.8 Å². The summed E-state index contributed by atoms with van der Waals surface area (Å²) in [6, 6.07) is 19.5. The first-order chi connectivity index (χ1) is 13.5. The molecule has 0 unspecified atom stereocenters. The van der Waals surface area contributed by atoms with Gasteiger partial charge in [-0.15, -0.1) is 0 Å². The standard InChI is InChI=1S/C20H16Cl2N4O2/c21-13-5-3-7-15(11-13)23-19(27)25-17-9-1-2-10-18(17)26-20(28)24-16-8-4-6-14(22)12-16/h1-12H,(H2,23,25,27)(H2,24,26,28). The van der Waals surface area contributed by atoms with E-state index in [2.05, 4.69) is 21.3 Å². The number of benzene rings is 3. The molecule has 0 bridgehead atoms. The van der Waals surface area contributed by atoms with Crippen LogP contribution >= 0.6 is 23.2 Å². The highest BCUT2D eigenvalue weighted by molar-refractivity contribution is 6.31. The summed E-state index contributed by atoms with van der Waals surface area (Å²) in [7, 11) is 0. The minimum absolute atomic E-state index is 0.434. The van der Waals surface area contributed by atoms with Crippen molar-refractivity contribution in [2.75, 3.05) is 21.3 Å². The molecule has 0 aliphatic carbocycles. The molecule has 0 aliphatic rings. The maximum Gasteiger partial charge on any atom is 0.323 e. The van der Waals surface area contributed by atoms with Gasteiger partial charge in [-0.1, -0.05) is 47.5 Å². The third-order valence-electron chi connectivity index (χ3n) is 3.59. The molecule has 3 aromatic rings. The molecule has 0 spiro atoms. The predicted octanol–water partition coefficient (Wildman–Crippen LogP) is 6.28. The van der Waals surface area contributed by atoms with Gasteiger partial charge in [-0.25, -0.2) is 9.59 Å². The number of anilines is 4. The minimum Gasteiger partial charge on any atom is -0.308 e. The third-order valence-corrected chi connectivity index (χ3v) is 4.06. The summed E-state index contributed by atoms with van der Waals surface area (Å²) < 4.78 is 0. The van der Waals surface area contributed by atoms with E-state index < -0.39 is 12.1 Å². The van der Waals surface area contributed by atoms with Crippen LogP contribution in [0.2, 0.25) is 10.0 Å². The van der Waals surface area contributed by atoms with Gasteiger partial charge in [0.2, 0.25) is 0 Å². The number of nitrogens with one attached hydrogen (secondary N) is 4. The van der Waals surface area contributed by atoms with Crippen molar-refractivity contribution in [1.82, 2.24) is 0 Å². The maximum atomic E-state index is 12.3. The van der Waals surface area contributed by atoms with Crippen LogP contribution < -0.4 is 21.3 Å². The lowest BCUT2D eigenvalue weighted by atomic mass is 10.2. The minimum atomic E-state index is -0.466. The molecule has 0 atom stereocenters. The SMILES string of the molecule is O=C(Nc1cccc(Cl)c1)Nc1ccccc1NC(=O)Nc1cccc(Cl)c1. The molecule has 28 heavy (non-hydrogen) atoms. The van der Waals surface area contributed by atoms with E-state index in [1.807, 2.05) is 0 Å². The topological polar surface area (TPSA) is 82.3 Å². The summed E-state index contributed by atoms with van der Waals surface area (Å²) in [4.78, 5) is 24.5. The van der Waals surface area contributed by atoms with Gasteiger partial charge in [-0.05, 0) is 48.5 Å². The molecule has 4 amide bonds. The number of carbonyl (C=O) groups excluding carboxylic acids is 2. The smallest absolute Gasteiger partial charge is 0.308 e. The Morgan fingerprint density at radius 1 is 0.571 bits per heavy atom. The van der Waals surface area contributed by atoms with Gasteiger partial charge >= 0.3 is 12.1 Å². The Hall–Kier alpha value is -3.22. The van der Waals surface area contributed by atoms with Crippen molar-refractivity contribution in [3.05, 3.63) is 82.8 Å². The molecule has 0 aromatic heterocycles. The van der Waals surface area contributed by atoms with Crippen molar-refractivity contribution in [3.8, 4) is 0 Å². The van der Waals surface area contributed by atoms with Gasteiger partial charge in [-0.3, -0.25) is 0 Å². The molecule has 0 heterocycles. The number of hydrogen-bond acceptors (Lipinski definition) is 2. The summed E-state index contributed by atoms with van der Waals surface area (Å²) in [5, 5.41) is 11.8. The summed E-state index contributed by atoms with van der Waals surface area (Å²) >= 11 is 11.8. The Balaban J connectivity index is 1.65. The van der Waals surface area contributed by atoms with Gasteiger partial charge in [0.25, 0.3) is 0 Å². The quantitative estimate of drug-likeness (QED) is 0.404. The summed E-state index contributed by atoms with van der Waals surface area (Å²) in [5.74, 6) is 0. The van der Waals surface area contributed by atoms with Gasteiger partial charge in [0.1, 0.15) is 0 Å². The monoisotopic (exact) mass is 414 g/mol. The molecular weight excluding hydrogens is 399 g/mol. The molecule has 0 fully saturated rings. The zero-order chi connectivity index (χ0) is 19.9. The average Bonchev–Trinajstić information content (AvgIpc) is 2.63. The lowest BCUT2D eigenvalue weighted by Gasteiger charge is -2.14. The van der Waals surface area contributed by atoms with Crippen LogP contribution in [0.3, 0.4) is 0 Å². The van der Waals surface area contributed by atoms with Crippen LogP contribution in [-0.4, -0.2) is 12.1 Å². The highest BCUT2D eigenvalue weighted by atomic mass is 35.5. The normalized spacial score (nSPS) is 10.1. The van der Waals surface area contributed by atoms with Crippen LogP contribution in [0, 0.1) is 0 Å². The Labute approximate surface area is 171 Å². The molecule has 142 valence electrons. The van der Waals surface area contributed by atoms with Crippen molar-refractivity contribution < 1.29 is 9.59 Å². The second-order valence-electron chi connectivity index (χ2n) is 5.72. The number of carbonyl (C=O) groups is 2. The lowest BCUT2D eigenvalue weighted by Crippen LogP contribution is -2.23. The van der Waals surface area contributed by atoms with E-state index in [9.17, 15) is 9.59 Å². The molecule has 0 radical (unpaired) electrons. The van der Waals surface area contributed by atoms with Crippen LogP contribution in [0.4, 0.5) is 32.3 Å². The van der Waals surface area contributed by atoms with E-state index in [0.29, 0.717) is 32.8 Å². The van der Waals surface area contributed by atoms with Crippen LogP contribution in [0.1, 0.15) is 0 Å². The molecule has 3 rings (SSSR count). The third kappa shape index (κ3) is 5.64. The Kier molecular flexibility index (Phi) is 6.37. The zero-order valence-electron chi connectivity index (χ0n) is 14.5. The number of rotatable bonds is 4. The number of hydrogen-bond donors (Lipinski definition) is 4. The number of halogens is 2. The van der Waals surface area contributed by atoms with E-state index in [0.717, 1.165) is 0 Å². The van der Waals surface area contributed by atoms with Crippen LogP contribution in [0.25, 0.3) is 0 Å². The first-order valence-electron chi connectivity index (χ1n) is 8.26.